The number of benzene rings is 1. The maximum atomic E-state index is 5.91. The molecule has 5 rings (SSSR count). The van der Waals surface area contributed by atoms with E-state index in [-0.39, 0.29) is 0 Å². The van der Waals surface area contributed by atoms with E-state index in [0.717, 1.165) is 48.8 Å². The van der Waals surface area contributed by atoms with Crippen molar-refractivity contribution < 1.29 is 0 Å². The van der Waals surface area contributed by atoms with E-state index < -0.39 is 0 Å². The molecule has 3 aromatic heterocycles. The lowest BCUT2D eigenvalue weighted by atomic mass is 10.2. The molecule has 0 aliphatic carbocycles. The number of hydrogen-bond donors (Lipinski definition) is 1. The van der Waals surface area contributed by atoms with Gasteiger partial charge in [0.2, 0.25) is 0 Å². The number of nitrogens with one attached hydrogen (secondary N) is 1. The van der Waals surface area contributed by atoms with Gasteiger partial charge in [-0.05, 0) is 36.2 Å². The molecule has 1 atom stereocenters. The fourth-order valence-corrected chi connectivity index (χ4v) is 3.93. The Bertz CT molecular complexity index is 1110. The van der Waals surface area contributed by atoms with Crippen molar-refractivity contribution in [2.24, 2.45) is 0 Å². The topological polar surface area (TPSA) is 58.4 Å². The number of anilines is 1. The number of halogens is 1. The number of aromatic nitrogens is 4. The molecule has 1 N–H and O–H groups in total. The Morgan fingerprint density at radius 1 is 1.00 bits per heavy atom. The fourth-order valence-electron chi connectivity index (χ4n) is 3.82. The van der Waals surface area contributed by atoms with Gasteiger partial charge in [-0.3, -0.25) is 4.90 Å². The van der Waals surface area contributed by atoms with Crippen LogP contribution in [0, 0.1) is 0 Å². The summed E-state index contributed by atoms with van der Waals surface area (Å²) in [4.78, 5) is 11.1. The summed E-state index contributed by atoms with van der Waals surface area (Å²) >= 11 is 5.91. The van der Waals surface area contributed by atoms with E-state index in [4.69, 9.17) is 16.7 Å². The number of likely N-dealkylation sites (tertiary alicyclic amines) is 1. The van der Waals surface area contributed by atoms with Crippen molar-refractivity contribution in [2.75, 3.05) is 18.4 Å². The highest BCUT2D eigenvalue weighted by Crippen LogP contribution is 2.22. The molecule has 4 heterocycles. The maximum Gasteiger partial charge on any atom is 0.154 e. The molecule has 1 unspecified atom stereocenters. The number of hydrogen-bond acceptors (Lipinski definition) is 5. The molecular weight excluding hydrogens is 384 g/mol. The first-order chi connectivity index (χ1) is 14.2. The average Bonchev–Trinajstić information content (AvgIpc) is 3.36. The van der Waals surface area contributed by atoms with Crippen LogP contribution in [0.4, 0.5) is 5.82 Å². The van der Waals surface area contributed by atoms with Gasteiger partial charge in [0.15, 0.2) is 5.65 Å². The number of imidazole rings is 1. The fraction of sp³-hybridized carbons (Fsp3) is 0.227. The summed E-state index contributed by atoms with van der Waals surface area (Å²) < 4.78 is 1.85. The summed E-state index contributed by atoms with van der Waals surface area (Å²) in [5.41, 5.74) is 3.98. The minimum atomic E-state index is 0.382. The van der Waals surface area contributed by atoms with E-state index in [0.29, 0.717) is 11.2 Å². The molecule has 1 saturated heterocycles. The summed E-state index contributed by atoms with van der Waals surface area (Å²) in [5, 5.41) is 8.83. The van der Waals surface area contributed by atoms with E-state index in [1.165, 1.54) is 5.56 Å². The third-order valence-corrected chi connectivity index (χ3v) is 5.48. The average molecular weight is 405 g/mol. The highest BCUT2D eigenvalue weighted by molar-refractivity contribution is 6.29. The number of rotatable bonds is 5. The quantitative estimate of drug-likeness (QED) is 0.507. The van der Waals surface area contributed by atoms with Crippen LogP contribution in [0.5, 0.6) is 0 Å². The predicted octanol–water partition coefficient (Wildman–Crippen LogP) is 4.13. The monoisotopic (exact) mass is 404 g/mol. The molecule has 1 aliphatic rings. The zero-order valence-electron chi connectivity index (χ0n) is 15.9. The van der Waals surface area contributed by atoms with Crippen LogP contribution < -0.4 is 5.32 Å². The Morgan fingerprint density at radius 3 is 2.72 bits per heavy atom. The Kier molecular flexibility index (Phi) is 4.87. The normalized spacial score (nSPS) is 17.1. The van der Waals surface area contributed by atoms with Crippen molar-refractivity contribution in [3.8, 4) is 11.3 Å². The Hall–Kier alpha value is -2.96. The molecule has 6 nitrogen and oxygen atoms in total. The van der Waals surface area contributed by atoms with Crippen LogP contribution in [0.25, 0.3) is 16.9 Å². The Balaban J connectivity index is 1.31. The minimum absolute atomic E-state index is 0.382. The first-order valence-electron chi connectivity index (χ1n) is 9.74. The van der Waals surface area contributed by atoms with Gasteiger partial charge in [-0.2, -0.15) is 0 Å². The van der Waals surface area contributed by atoms with Crippen molar-refractivity contribution in [3.05, 3.63) is 77.7 Å². The van der Waals surface area contributed by atoms with E-state index in [1.54, 1.807) is 12.3 Å². The molecule has 0 bridgehead atoms. The zero-order chi connectivity index (χ0) is 19.6. The minimum Gasteiger partial charge on any atom is -0.365 e. The first kappa shape index (κ1) is 18.1. The van der Waals surface area contributed by atoms with Gasteiger partial charge >= 0.3 is 0 Å². The van der Waals surface area contributed by atoms with Gasteiger partial charge < -0.3 is 5.32 Å². The summed E-state index contributed by atoms with van der Waals surface area (Å²) in [6.07, 6.45) is 4.66. The summed E-state index contributed by atoms with van der Waals surface area (Å²) in [7, 11) is 0. The van der Waals surface area contributed by atoms with Crippen molar-refractivity contribution in [3.63, 3.8) is 0 Å². The van der Waals surface area contributed by atoms with Crippen LogP contribution >= 0.6 is 11.6 Å². The second kappa shape index (κ2) is 7.81. The van der Waals surface area contributed by atoms with E-state index in [9.17, 15) is 0 Å². The lowest BCUT2D eigenvalue weighted by Gasteiger charge is -2.17. The van der Waals surface area contributed by atoms with E-state index in [2.05, 4.69) is 50.5 Å². The smallest absolute Gasteiger partial charge is 0.154 e. The molecule has 4 aromatic rings. The first-order valence-corrected chi connectivity index (χ1v) is 10.1. The van der Waals surface area contributed by atoms with Gasteiger partial charge in [0.1, 0.15) is 11.0 Å². The Morgan fingerprint density at radius 2 is 1.90 bits per heavy atom. The van der Waals surface area contributed by atoms with Crippen LogP contribution in [-0.2, 0) is 6.54 Å². The zero-order valence-corrected chi connectivity index (χ0v) is 16.6. The lowest BCUT2D eigenvalue weighted by Crippen LogP contribution is -2.26. The van der Waals surface area contributed by atoms with Crippen molar-refractivity contribution >= 4 is 23.1 Å². The van der Waals surface area contributed by atoms with Crippen LogP contribution in [-0.4, -0.2) is 43.6 Å². The standard InChI is InChI=1S/C22H21ClN6/c23-20-7-6-17(12-24-20)19-13-25-22-9-8-21(27-29(19)22)26-18-10-11-28(15-18)14-16-4-2-1-3-5-16/h1-9,12-13,18H,10-11,14-15H2,(H,26,27). The molecule has 1 aromatic carbocycles. The largest absolute Gasteiger partial charge is 0.365 e. The van der Waals surface area contributed by atoms with Crippen molar-refractivity contribution in [1.82, 2.24) is 24.5 Å². The molecule has 29 heavy (non-hydrogen) atoms. The molecular formula is C22H21ClN6. The molecule has 1 fully saturated rings. The summed E-state index contributed by atoms with van der Waals surface area (Å²) in [5.74, 6) is 0.852. The second-order valence-corrected chi connectivity index (χ2v) is 7.74. The van der Waals surface area contributed by atoms with Crippen molar-refractivity contribution in [1.29, 1.82) is 0 Å². The number of pyridine rings is 1. The molecule has 1 aliphatic heterocycles. The molecule has 7 heteroatoms. The van der Waals surface area contributed by atoms with Crippen molar-refractivity contribution in [2.45, 2.75) is 19.0 Å². The van der Waals surface area contributed by atoms with Gasteiger partial charge in [0, 0.05) is 37.4 Å². The van der Waals surface area contributed by atoms with Crippen LogP contribution in [0.2, 0.25) is 5.15 Å². The molecule has 0 spiro atoms. The van der Waals surface area contributed by atoms with Gasteiger partial charge in [-0.15, -0.1) is 5.10 Å². The third kappa shape index (κ3) is 3.95. The van der Waals surface area contributed by atoms with Gasteiger partial charge in [0.05, 0.1) is 11.9 Å². The highest BCUT2D eigenvalue weighted by atomic mass is 35.5. The maximum absolute atomic E-state index is 5.91. The molecule has 0 radical (unpaired) electrons. The van der Waals surface area contributed by atoms with Gasteiger partial charge in [-0.25, -0.2) is 14.5 Å². The number of nitrogens with zero attached hydrogens (tertiary/aromatic N) is 5. The van der Waals surface area contributed by atoms with Gasteiger partial charge in [-0.1, -0.05) is 41.9 Å². The van der Waals surface area contributed by atoms with E-state index in [1.807, 2.05) is 28.9 Å². The predicted molar refractivity (Wildman–Crippen MR) is 115 cm³/mol. The highest BCUT2D eigenvalue weighted by Gasteiger charge is 2.22. The lowest BCUT2D eigenvalue weighted by molar-refractivity contribution is 0.328. The Labute approximate surface area is 174 Å². The SMILES string of the molecule is Clc1ccc(-c2cnc3ccc(NC4CCN(Cc5ccccc5)C4)nn23)cn1. The van der Waals surface area contributed by atoms with Crippen LogP contribution in [0.15, 0.2) is 67.0 Å². The summed E-state index contributed by atoms with van der Waals surface area (Å²) in [6, 6.07) is 18.7. The molecule has 0 amide bonds. The second-order valence-electron chi connectivity index (χ2n) is 7.35. The molecule has 0 saturated carbocycles. The van der Waals surface area contributed by atoms with Crippen LogP contribution in [0.1, 0.15) is 12.0 Å². The van der Waals surface area contributed by atoms with Crippen LogP contribution in [0.3, 0.4) is 0 Å². The van der Waals surface area contributed by atoms with Gasteiger partial charge in [0.25, 0.3) is 0 Å². The van der Waals surface area contributed by atoms with E-state index >= 15 is 0 Å². The molecule has 146 valence electrons. The summed E-state index contributed by atoms with van der Waals surface area (Å²) in [6.45, 7) is 3.08. The number of fused-ring (bicyclic) bond motifs is 1. The third-order valence-electron chi connectivity index (χ3n) is 5.26.